The zero-order valence-corrected chi connectivity index (χ0v) is 14.4. The van der Waals surface area contributed by atoms with Crippen LogP contribution in [0.15, 0.2) is 35.9 Å². The van der Waals surface area contributed by atoms with Crippen LogP contribution in [0.1, 0.15) is 40.2 Å². The van der Waals surface area contributed by atoms with Gasteiger partial charge in [-0.1, -0.05) is 70.1 Å². The molecule has 0 N–H and O–H groups in total. The summed E-state index contributed by atoms with van der Waals surface area (Å²) < 4.78 is 0. The van der Waals surface area contributed by atoms with E-state index in [1.807, 2.05) is 6.07 Å². The highest BCUT2D eigenvalue weighted by Gasteiger charge is 2.33. The Bertz CT molecular complexity index is 516. The van der Waals surface area contributed by atoms with Gasteiger partial charge in [-0.05, 0) is 30.0 Å². The molecule has 0 radical (unpaired) electrons. The molecule has 0 saturated carbocycles. The number of hydrogen-bond acceptors (Lipinski definition) is 0. The number of hydrogen-bond donors (Lipinski definition) is 0. The molecule has 0 aliphatic carbocycles. The maximum atomic E-state index is 3.58. The second-order valence-electron chi connectivity index (χ2n) is 6.74. The highest BCUT2D eigenvalue weighted by Crippen LogP contribution is 2.35. The molecule has 0 saturated heterocycles. The van der Waals surface area contributed by atoms with Crippen LogP contribution in [0.2, 0.25) is 18.1 Å². The van der Waals surface area contributed by atoms with Gasteiger partial charge in [-0.15, -0.1) is 5.54 Å². The van der Waals surface area contributed by atoms with Crippen molar-refractivity contribution in [1.82, 2.24) is 0 Å². The first-order chi connectivity index (χ1) is 8.65. The van der Waals surface area contributed by atoms with E-state index in [-0.39, 0.29) is 0 Å². The molecule has 1 rings (SSSR count). The summed E-state index contributed by atoms with van der Waals surface area (Å²) in [6.07, 6.45) is 0. The molecule has 0 aliphatic heterocycles. The molecule has 1 aromatic rings. The summed E-state index contributed by atoms with van der Waals surface area (Å²) in [6.45, 7) is 15.9. The standard InChI is InChI=1S/C18H26Si/c1-15(13-14-19(6,7)18(3,4)5)16(2)17-11-9-8-10-12-17/h8-12H,1-7H3/b16-15+. The molecule has 0 nitrogen and oxygen atoms in total. The minimum absolute atomic E-state index is 0.320. The van der Waals surface area contributed by atoms with Crippen molar-refractivity contribution in [3.05, 3.63) is 41.5 Å². The van der Waals surface area contributed by atoms with Gasteiger partial charge in [0.2, 0.25) is 0 Å². The minimum atomic E-state index is -1.51. The monoisotopic (exact) mass is 270 g/mol. The predicted molar refractivity (Wildman–Crippen MR) is 89.7 cm³/mol. The molecule has 102 valence electrons. The molecule has 0 spiro atoms. The zero-order chi connectivity index (χ0) is 14.7. The van der Waals surface area contributed by atoms with E-state index >= 15 is 0 Å². The fraction of sp³-hybridized carbons (Fsp3) is 0.444. The van der Waals surface area contributed by atoms with E-state index in [2.05, 4.69) is 83.4 Å². The van der Waals surface area contributed by atoms with Crippen molar-refractivity contribution >= 4 is 13.6 Å². The van der Waals surface area contributed by atoms with Gasteiger partial charge in [-0.3, -0.25) is 0 Å². The van der Waals surface area contributed by atoms with Crippen molar-refractivity contribution in [1.29, 1.82) is 0 Å². The van der Waals surface area contributed by atoms with Crippen LogP contribution >= 0.6 is 0 Å². The summed E-state index contributed by atoms with van der Waals surface area (Å²) in [6, 6.07) is 10.5. The average Bonchev–Trinajstić information content (AvgIpc) is 2.35. The Labute approximate surface area is 120 Å². The van der Waals surface area contributed by atoms with E-state index in [4.69, 9.17) is 0 Å². The molecule has 0 aliphatic rings. The van der Waals surface area contributed by atoms with E-state index in [1.165, 1.54) is 16.7 Å². The first kappa shape index (κ1) is 15.8. The third-order valence-electron chi connectivity index (χ3n) is 4.21. The molecule has 0 fully saturated rings. The Balaban J connectivity index is 3.08. The van der Waals surface area contributed by atoms with Crippen molar-refractivity contribution in [3.8, 4) is 11.5 Å². The fourth-order valence-electron chi connectivity index (χ4n) is 1.44. The maximum Gasteiger partial charge on any atom is 0.138 e. The Morgan fingerprint density at radius 3 is 2.00 bits per heavy atom. The fourth-order valence-corrected chi connectivity index (χ4v) is 2.31. The molecule has 0 unspecified atom stereocenters. The molecular formula is C18H26Si. The van der Waals surface area contributed by atoms with Gasteiger partial charge >= 0.3 is 0 Å². The molecule has 1 aromatic carbocycles. The van der Waals surface area contributed by atoms with Gasteiger partial charge in [0.1, 0.15) is 8.07 Å². The van der Waals surface area contributed by atoms with Crippen molar-refractivity contribution in [3.63, 3.8) is 0 Å². The molecule has 0 aromatic heterocycles. The summed E-state index contributed by atoms with van der Waals surface area (Å²) in [4.78, 5) is 0. The van der Waals surface area contributed by atoms with Gasteiger partial charge in [-0.2, -0.15) is 0 Å². The van der Waals surface area contributed by atoms with E-state index in [1.54, 1.807) is 0 Å². The van der Waals surface area contributed by atoms with Crippen LogP contribution < -0.4 is 0 Å². The summed E-state index contributed by atoms with van der Waals surface area (Å²) >= 11 is 0. The maximum absolute atomic E-state index is 3.58. The average molecular weight is 270 g/mol. The lowest BCUT2D eigenvalue weighted by molar-refractivity contribution is 0.731. The number of allylic oxidation sites excluding steroid dienone is 2. The summed E-state index contributed by atoms with van der Waals surface area (Å²) in [7, 11) is -1.51. The van der Waals surface area contributed by atoms with Crippen molar-refractivity contribution in [2.45, 2.75) is 52.8 Å². The minimum Gasteiger partial charge on any atom is -0.126 e. The van der Waals surface area contributed by atoms with Gasteiger partial charge in [-0.25, -0.2) is 0 Å². The summed E-state index contributed by atoms with van der Waals surface area (Å²) in [5.41, 5.74) is 7.32. The van der Waals surface area contributed by atoms with Crippen LogP contribution in [0.5, 0.6) is 0 Å². The van der Waals surface area contributed by atoms with Crippen molar-refractivity contribution < 1.29 is 0 Å². The van der Waals surface area contributed by atoms with Crippen LogP contribution in [-0.4, -0.2) is 8.07 Å². The highest BCUT2D eigenvalue weighted by molar-refractivity contribution is 6.87. The Morgan fingerprint density at radius 1 is 1.00 bits per heavy atom. The lowest BCUT2D eigenvalue weighted by Gasteiger charge is -2.31. The van der Waals surface area contributed by atoms with Gasteiger partial charge in [0, 0.05) is 5.57 Å². The lowest BCUT2D eigenvalue weighted by Crippen LogP contribution is -2.35. The molecular weight excluding hydrogens is 244 g/mol. The SMILES string of the molecule is C/C(C#C[Si](C)(C)C(C)(C)C)=C(/C)c1ccccc1. The van der Waals surface area contributed by atoms with Crippen LogP contribution in [0.25, 0.3) is 5.57 Å². The third kappa shape index (κ3) is 4.11. The second kappa shape index (κ2) is 5.80. The predicted octanol–water partition coefficient (Wildman–Crippen LogP) is 5.53. The molecule has 0 atom stereocenters. The Kier molecular flexibility index (Phi) is 4.82. The van der Waals surface area contributed by atoms with Crippen LogP contribution in [0.3, 0.4) is 0 Å². The molecule has 19 heavy (non-hydrogen) atoms. The van der Waals surface area contributed by atoms with Crippen molar-refractivity contribution in [2.75, 3.05) is 0 Å². The zero-order valence-electron chi connectivity index (χ0n) is 13.4. The summed E-state index contributed by atoms with van der Waals surface area (Å²) in [5.74, 6) is 3.42. The molecule has 1 heteroatoms. The van der Waals surface area contributed by atoms with Gasteiger partial charge in [0.15, 0.2) is 0 Å². The third-order valence-corrected chi connectivity index (χ3v) is 8.71. The van der Waals surface area contributed by atoms with E-state index in [0.29, 0.717) is 5.04 Å². The number of rotatable bonds is 1. The second-order valence-corrected chi connectivity index (χ2v) is 11.7. The summed E-state index contributed by atoms with van der Waals surface area (Å²) in [5, 5.41) is 0.320. The largest absolute Gasteiger partial charge is 0.138 e. The Morgan fingerprint density at radius 2 is 1.53 bits per heavy atom. The first-order valence-electron chi connectivity index (χ1n) is 6.91. The molecule has 0 bridgehead atoms. The quantitative estimate of drug-likeness (QED) is 0.465. The van der Waals surface area contributed by atoms with Crippen LogP contribution in [0.4, 0.5) is 0 Å². The van der Waals surface area contributed by atoms with E-state index < -0.39 is 8.07 Å². The molecule has 0 amide bonds. The van der Waals surface area contributed by atoms with Crippen LogP contribution in [-0.2, 0) is 0 Å². The van der Waals surface area contributed by atoms with E-state index in [0.717, 1.165) is 0 Å². The molecule has 0 heterocycles. The van der Waals surface area contributed by atoms with Gasteiger partial charge in [0.25, 0.3) is 0 Å². The normalized spacial score (nSPS) is 13.4. The van der Waals surface area contributed by atoms with Gasteiger partial charge < -0.3 is 0 Å². The van der Waals surface area contributed by atoms with Crippen LogP contribution in [0, 0.1) is 11.5 Å². The van der Waals surface area contributed by atoms with Gasteiger partial charge in [0.05, 0.1) is 0 Å². The Hall–Kier alpha value is -1.26. The smallest absolute Gasteiger partial charge is 0.126 e. The topological polar surface area (TPSA) is 0 Å². The number of benzene rings is 1. The van der Waals surface area contributed by atoms with Crippen molar-refractivity contribution in [2.24, 2.45) is 0 Å². The highest BCUT2D eigenvalue weighted by atomic mass is 28.3. The lowest BCUT2D eigenvalue weighted by atomic mass is 10.0. The first-order valence-corrected chi connectivity index (χ1v) is 9.91. The van der Waals surface area contributed by atoms with E-state index in [9.17, 15) is 0 Å².